The maximum absolute atomic E-state index is 12.4. The second-order valence-electron chi connectivity index (χ2n) is 6.00. The maximum Gasteiger partial charge on any atom is 0.387 e. The van der Waals surface area contributed by atoms with E-state index < -0.39 is 6.61 Å². The first kappa shape index (κ1) is 18.4. The quantitative estimate of drug-likeness (QED) is 0.653. The Morgan fingerprint density at radius 2 is 1.93 bits per heavy atom. The molecule has 1 heterocycles. The van der Waals surface area contributed by atoms with Crippen LogP contribution in [0.15, 0.2) is 30.3 Å². The number of hydrogen-bond acceptors (Lipinski definition) is 4. The van der Waals surface area contributed by atoms with Crippen LogP contribution in [0.3, 0.4) is 0 Å². The Balaban J connectivity index is 2.00. The fraction of sp³-hybridized carbons (Fsp3) is 0.200. The highest BCUT2D eigenvalue weighted by Crippen LogP contribution is 2.31. The SMILES string of the molecule is COc1cc(/C=C(\C#N)c2nc3cc(C)c(C)cc3[nH]2)ccc1OC(F)F. The zero-order chi connectivity index (χ0) is 19.6. The van der Waals surface area contributed by atoms with E-state index in [9.17, 15) is 14.0 Å². The van der Waals surface area contributed by atoms with Gasteiger partial charge in [0.1, 0.15) is 11.9 Å². The van der Waals surface area contributed by atoms with Gasteiger partial charge in [-0.3, -0.25) is 0 Å². The molecule has 2 aromatic carbocycles. The Kier molecular flexibility index (Phi) is 5.08. The van der Waals surface area contributed by atoms with Crippen LogP contribution in [0.2, 0.25) is 0 Å². The summed E-state index contributed by atoms with van der Waals surface area (Å²) >= 11 is 0. The lowest BCUT2D eigenvalue weighted by Gasteiger charge is -2.10. The van der Waals surface area contributed by atoms with Crippen molar-refractivity contribution in [1.82, 2.24) is 9.97 Å². The topological polar surface area (TPSA) is 70.9 Å². The summed E-state index contributed by atoms with van der Waals surface area (Å²) in [6, 6.07) is 10.5. The van der Waals surface area contributed by atoms with Crippen molar-refractivity contribution in [3.63, 3.8) is 0 Å². The number of imidazole rings is 1. The number of aryl methyl sites for hydroxylation is 2. The van der Waals surface area contributed by atoms with Crippen LogP contribution in [0.4, 0.5) is 8.78 Å². The first-order valence-electron chi connectivity index (χ1n) is 8.13. The Hall–Kier alpha value is -3.40. The smallest absolute Gasteiger partial charge is 0.387 e. The summed E-state index contributed by atoms with van der Waals surface area (Å²) in [6.45, 7) is 1.06. The molecular weight excluding hydrogens is 352 g/mol. The van der Waals surface area contributed by atoms with Crippen molar-refractivity contribution >= 4 is 22.7 Å². The summed E-state index contributed by atoms with van der Waals surface area (Å²) in [5.41, 5.74) is 4.76. The van der Waals surface area contributed by atoms with Gasteiger partial charge in [-0.2, -0.15) is 14.0 Å². The maximum atomic E-state index is 12.4. The largest absolute Gasteiger partial charge is 0.493 e. The number of rotatable bonds is 5. The predicted molar refractivity (Wildman–Crippen MR) is 98.7 cm³/mol. The Morgan fingerprint density at radius 3 is 2.59 bits per heavy atom. The number of hydrogen-bond donors (Lipinski definition) is 1. The molecule has 0 aliphatic carbocycles. The number of ether oxygens (including phenoxy) is 2. The summed E-state index contributed by atoms with van der Waals surface area (Å²) < 4.78 is 34.4. The number of aromatic nitrogens is 2. The van der Waals surface area contributed by atoms with Crippen LogP contribution in [0, 0.1) is 25.2 Å². The predicted octanol–water partition coefficient (Wildman–Crippen LogP) is 4.85. The molecule has 1 aromatic heterocycles. The number of alkyl halides is 2. The summed E-state index contributed by atoms with van der Waals surface area (Å²) in [6.07, 6.45) is 1.60. The van der Waals surface area contributed by atoms with Gasteiger partial charge >= 0.3 is 6.61 Å². The van der Waals surface area contributed by atoms with Gasteiger partial charge in [-0.1, -0.05) is 6.07 Å². The highest BCUT2D eigenvalue weighted by Gasteiger charge is 2.13. The van der Waals surface area contributed by atoms with Crippen LogP contribution in [-0.4, -0.2) is 23.7 Å². The minimum absolute atomic E-state index is 0.0714. The molecule has 0 fully saturated rings. The van der Waals surface area contributed by atoms with Crippen LogP contribution in [0.5, 0.6) is 11.5 Å². The standard InChI is InChI=1S/C20H17F2N3O2/c1-11-6-15-16(7-12(11)2)25-19(24-15)14(10-23)8-13-4-5-17(27-20(21)22)18(9-13)26-3/h4-9,20H,1-3H3,(H,24,25)/b14-8+. The van der Waals surface area contributed by atoms with Gasteiger partial charge in [0.25, 0.3) is 0 Å². The highest BCUT2D eigenvalue weighted by molar-refractivity contribution is 5.90. The van der Waals surface area contributed by atoms with E-state index >= 15 is 0 Å². The van der Waals surface area contributed by atoms with Gasteiger partial charge < -0.3 is 14.5 Å². The van der Waals surface area contributed by atoms with Crippen molar-refractivity contribution in [2.75, 3.05) is 7.11 Å². The third-order valence-corrected chi connectivity index (χ3v) is 4.19. The first-order valence-corrected chi connectivity index (χ1v) is 8.13. The lowest BCUT2D eigenvalue weighted by Crippen LogP contribution is -2.03. The van der Waals surface area contributed by atoms with E-state index in [1.165, 1.54) is 19.2 Å². The number of halogens is 2. The molecule has 5 nitrogen and oxygen atoms in total. The zero-order valence-corrected chi connectivity index (χ0v) is 15.0. The van der Waals surface area contributed by atoms with Gasteiger partial charge in [0.2, 0.25) is 0 Å². The molecule has 0 aliphatic heterocycles. The van der Waals surface area contributed by atoms with Gasteiger partial charge in [0.05, 0.1) is 23.7 Å². The van der Waals surface area contributed by atoms with Crippen molar-refractivity contribution in [1.29, 1.82) is 5.26 Å². The number of nitrogens with one attached hydrogen (secondary N) is 1. The molecule has 0 saturated carbocycles. The molecule has 0 aliphatic rings. The Morgan fingerprint density at radius 1 is 1.19 bits per heavy atom. The number of benzene rings is 2. The Labute approximate surface area is 154 Å². The molecule has 27 heavy (non-hydrogen) atoms. The Bertz CT molecular complexity index is 1030. The van der Waals surface area contributed by atoms with Crippen LogP contribution in [-0.2, 0) is 0 Å². The first-order chi connectivity index (χ1) is 12.9. The van der Waals surface area contributed by atoms with E-state index in [1.54, 1.807) is 12.1 Å². The molecule has 138 valence electrons. The van der Waals surface area contributed by atoms with Gasteiger partial charge in [-0.05, 0) is 60.9 Å². The average Bonchev–Trinajstić information content (AvgIpc) is 3.03. The van der Waals surface area contributed by atoms with Crippen molar-refractivity contribution in [3.05, 3.63) is 52.8 Å². The molecular formula is C20H17F2N3O2. The van der Waals surface area contributed by atoms with E-state index in [4.69, 9.17) is 4.74 Å². The van der Waals surface area contributed by atoms with Gasteiger partial charge in [0.15, 0.2) is 11.5 Å². The number of nitriles is 1. The summed E-state index contributed by atoms with van der Waals surface area (Å²) in [5.74, 6) is 0.513. The van der Waals surface area contributed by atoms with E-state index in [1.807, 2.05) is 26.0 Å². The fourth-order valence-corrected chi connectivity index (χ4v) is 2.68. The van der Waals surface area contributed by atoms with Gasteiger partial charge in [0, 0.05) is 0 Å². The second-order valence-corrected chi connectivity index (χ2v) is 6.00. The van der Waals surface area contributed by atoms with Crippen molar-refractivity contribution < 1.29 is 18.3 Å². The van der Waals surface area contributed by atoms with Crippen LogP contribution < -0.4 is 9.47 Å². The molecule has 0 unspecified atom stereocenters. The molecule has 3 rings (SSSR count). The minimum Gasteiger partial charge on any atom is -0.493 e. The number of allylic oxidation sites excluding steroid dienone is 1. The van der Waals surface area contributed by atoms with E-state index in [-0.39, 0.29) is 11.5 Å². The molecule has 7 heteroatoms. The molecule has 0 radical (unpaired) electrons. The van der Waals surface area contributed by atoms with Crippen molar-refractivity contribution in [2.45, 2.75) is 20.5 Å². The molecule has 0 saturated heterocycles. The van der Waals surface area contributed by atoms with E-state index in [2.05, 4.69) is 20.8 Å². The van der Waals surface area contributed by atoms with Gasteiger partial charge in [-0.25, -0.2) is 4.98 Å². The summed E-state index contributed by atoms with van der Waals surface area (Å²) in [7, 11) is 1.36. The number of H-pyrrole nitrogens is 1. The monoisotopic (exact) mass is 369 g/mol. The second kappa shape index (κ2) is 7.46. The summed E-state index contributed by atoms with van der Waals surface area (Å²) in [5, 5.41) is 9.54. The minimum atomic E-state index is -2.95. The normalized spacial score (nSPS) is 11.7. The lowest BCUT2D eigenvalue weighted by atomic mass is 10.1. The lowest BCUT2D eigenvalue weighted by molar-refractivity contribution is -0.0512. The summed E-state index contributed by atoms with van der Waals surface area (Å²) in [4.78, 5) is 7.62. The van der Waals surface area contributed by atoms with E-state index in [0.717, 1.165) is 22.2 Å². The average molecular weight is 369 g/mol. The van der Waals surface area contributed by atoms with Crippen LogP contribution in [0.1, 0.15) is 22.5 Å². The van der Waals surface area contributed by atoms with Crippen molar-refractivity contribution in [3.8, 4) is 17.6 Å². The number of methoxy groups -OCH3 is 1. The number of aromatic amines is 1. The molecule has 3 aromatic rings. The third-order valence-electron chi connectivity index (χ3n) is 4.19. The van der Waals surface area contributed by atoms with Gasteiger partial charge in [-0.15, -0.1) is 0 Å². The number of nitrogens with zero attached hydrogens (tertiary/aromatic N) is 2. The highest BCUT2D eigenvalue weighted by atomic mass is 19.3. The van der Waals surface area contributed by atoms with E-state index in [0.29, 0.717) is 17.0 Å². The molecule has 1 N–H and O–H groups in total. The van der Waals surface area contributed by atoms with Crippen LogP contribution >= 0.6 is 0 Å². The molecule has 0 bridgehead atoms. The molecule has 0 spiro atoms. The zero-order valence-electron chi connectivity index (χ0n) is 15.0. The fourth-order valence-electron chi connectivity index (χ4n) is 2.68. The molecule has 0 atom stereocenters. The number of fused-ring (bicyclic) bond motifs is 1. The molecule has 0 amide bonds. The third kappa shape index (κ3) is 3.90. The van der Waals surface area contributed by atoms with Crippen molar-refractivity contribution in [2.24, 2.45) is 0 Å². The van der Waals surface area contributed by atoms with Crippen LogP contribution in [0.25, 0.3) is 22.7 Å².